The number of benzene rings is 1. The van der Waals surface area contributed by atoms with Crippen molar-refractivity contribution in [2.24, 2.45) is 5.11 Å². The van der Waals surface area contributed by atoms with Crippen LogP contribution in [-0.2, 0) is 14.9 Å². The van der Waals surface area contributed by atoms with Crippen molar-refractivity contribution in [2.45, 2.75) is 26.2 Å². The minimum absolute atomic E-state index is 0.0816. The SMILES string of the molecule is CCOC(=O)/C(=C/c1cccc2c1OCC2(C)C)N=[N+]=[N-]. The molecule has 0 aliphatic carbocycles. The molecule has 0 spiro atoms. The lowest BCUT2D eigenvalue weighted by molar-refractivity contribution is -0.138. The summed E-state index contributed by atoms with van der Waals surface area (Å²) in [5.74, 6) is 0.0719. The van der Waals surface area contributed by atoms with Crippen LogP contribution >= 0.6 is 0 Å². The number of azide groups is 1. The minimum Gasteiger partial charge on any atom is -0.492 e. The number of esters is 1. The van der Waals surface area contributed by atoms with E-state index in [1.54, 1.807) is 6.92 Å². The molecule has 1 aromatic carbocycles. The second-order valence-electron chi connectivity index (χ2n) is 5.34. The predicted molar refractivity (Wildman–Crippen MR) is 78.7 cm³/mol. The number of para-hydroxylation sites is 1. The van der Waals surface area contributed by atoms with Crippen LogP contribution in [0.2, 0.25) is 0 Å². The molecule has 0 unspecified atom stereocenters. The van der Waals surface area contributed by atoms with Gasteiger partial charge < -0.3 is 9.47 Å². The minimum atomic E-state index is -0.648. The second-order valence-corrected chi connectivity index (χ2v) is 5.34. The number of hydrogen-bond donors (Lipinski definition) is 0. The molecule has 0 radical (unpaired) electrons. The highest BCUT2D eigenvalue weighted by atomic mass is 16.5. The molecule has 2 rings (SSSR count). The topological polar surface area (TPSA) is 84.3 Å². The molecule has 6 heteroatoms. The van der Waals surface area contributed by atoms with Crippen molar-refractivity contribution in [3.8, 4) is 5.75 Å². The summed E-state index contributed by atoms with van der Waals surface area (Å²) in [7, 11) is 0. The normalized spacial score (nSPS) is 15.7. The van der Waals surface area contributed by atoms with Crippen molar-refractivity contribution >= 4 is 12.0 Å². The van der Waals surface area contributed by atoms with Crippen molar-refractivity contribution in [1.82, 2.24) is 0 Å². The van der Waals surface area contributed by atoms with Gasteiger partial charge >= 0.3 is 5.97 Å². The second kappa shape index (κ2) is 5.89. The fraction of sp³-hybridized carbons (Fsp3) is 0.400. The molecule has 1 aromatic rings. The molecule has 0 N–H and O–H groups in total. The maximum absolute atomic E-state index is 11.8. The monoisotopic (exact) mass is 287 g/mol. The molecule has 21 heavy (non-hydrogen) atoms. The molecule has 0 atom stereocenters. The van der Waals surface area contributed by atoms with Crippen molar-refractivity contribution in [3.05, 3.63) is 45.5 Å². The summed E-state index contributed by atoms with van der Waals surface area (Å²) < 4.78 is 10.6. The van der Waals surface area contributed by atoms with Gasteiger partial charge in [0, 0.05) is 21.5 Å². The van der Waals surface area contributed by atoms with Crippen molar-refractivity contribution in [1.29, 1.82) is 0 Å². The molecule has 0 bridgehead atoms. The van der Waals surface area contributed by atoms with Crippen LogP contribution in [0.4, 0.5) is 0 Å². The fourth-order valence-corrected chi connectivity index (χ4v) is 2.22. The van der Waals surface area contributed by atoms with E-state index in [9.17, 15) is 4.79 Å². The highest BCUT2D eigenvalue weighted by Crippen LogP contribution is 2.41. The van der Waals surface area contributed by atoms with Crippen LogP contribution in [0.25, 0.3) is 16.5 Å². The summed E-state index contributed by atoms with van der Waals surface area (Å²) in [4.78, 5) is 14.4. The smallest absolute Gasteiger partial charge is 0.340 e. The first-order valence-electron chi connectivity index (χ1n) is 6.70. The van der Waals surface area contributed by atoms with Gasteiger partial charge in [-0.2, -0.15) is 0 Å². The number of carbonyl (C=O) groups excluding carboxylic acids is 1. The van der Waals surface area contributed by atoms with Gasteiger partial charge in [0.15, 0.2) is 0 Å². The Kier molecular flexibility index (Phi) is 4.19. The molecule has 0 saturated heterocycles. The lowest BCUT2D eigenvalue weighted by Gasteiger charge is -2.14. The average Bonchev–Trinajstić information content (AvgIpc) is 2.75. The van der Waals surface area contributed by atoms with Crippen molar-refractivity contribution in [3.63, 3.8) is 0 Å². The number of fused-ring (bicyclic) bond motifs is 1. The van der Waals surface area contributed by atoms with E-state index in [2.05, 4.69) is 23.9 Å². The van der Waals surface area contributed by atoms with E-state index in [0.29, 0.717) is 12.2 Å². The average molecular weight is 287 g/mol. The molecule has 0 aromatic heterocycles. The third-order valence-corrected chi connectivity index (χ3v) is 3.28. The first-order valence-corrected chi connectivity index (χ1v) is 6.70. The lowest BCUT2D eigenvalue weighted by atomic mass is 9.86. The maximum atomic E-state index is 11.8. The molecule has 0 fully saturated rings. The quantitative estimate of drug-likeness (QED) is 0.279. The first-order chi connectivity index (χ1) is 9.99. The Bertz CT molecular complexity index is 644. The summed E-state index contributed by atoms with van der Waals surface area (Å²) in [6.07, 6.45) is 1.50. The Hall–Kier alpha value is -2.46. The van der Waals surface area contributed by atoms with E-state index in [1.807, 2.05) is 18.2 Å². The van der Waals surface area contributed by atoms with Crippen molar-refractivity contribution in [2.75, 3.05) is 13.2 Å². The van der Waals surface area contributed by atoms with Crippen LogP contribution < -0.4 is 4.74 Å². The highest BCUT2D eigenvalue weighted by Gasteiger charge is 2.32. The summed E-state index contributed by atoms with van der Waals surface area (Å²) in [6, 6.07) is 5.70. The largest absolute Gasteiger partial charge is 0.492 e. The Morgan fingerprint density at radius 2 is 2.33 bits per heavy atom. The van der Waals surface area contributed by atoms with E-state index >= 15 is 0 Å². The van der Waals surface area contributed by atoms with Gasteiger partial charge in [-0.15, -0.1) is 0 Å². The molecular weight excluding hydrogens is 270 g/mol. The number of ether oxygens (including phenoxy) is 2. The van der Waals surface area contributed by atoms with Crippen LogP contribution in [0.5, 0.6) is 5.75 Å². The van der Waals surface area contributed by atoms with E-state index in [4.69, 9.17) is 15.0 Å². The zero-order valence-electron chi connectivity index (χ0n) is 12.3. The van der Waals surface area contributed by atoms with E-state index in [-0.39, 0.29) is 17.7 Å². The molecule has 6 nitrogen and oxygen atoms in total. The Labute approximate surface area is 123 Å². The molecule has 1 aliphatic heterocycles. The maximum Gasteiger partial charge on any atom is 0.340 e. The lowest BCUT2D eigenvalue weighted by Crippen LogP contribution is -2.18. The zero-order chi connectivity index (χ0) is 15.5. The van der Waals surface area contributed by atoms with Crippen LogP contribution in [-0.4, -0.2) is 19.2 Å². The third-order valence-electron chi connectivity index (χ3n) is 3.28. The summed E-state index contributed by atoms with van der Waals surface area (Å²) in [5.41, 5.74) is 10.2. The third kappa shape index (κ3) is 3.01. The highest BCUT2D eigenvalue weighted by molar-refractivity contribution is 5.93. The summed E-state index contributed by atoms with van der Waals surface area (Å²) in [6.45, 7) is 6.66. The molecule has 110 valence electrons. The molecule has 0 amide bonds. The summed E-state index contributed by atoms with van der Waals surface area (Å²) in [5, 5.41) is 3.41. The Morgan fingerprint density at radius 3 is 3.00 bits per heavy atom. The van der Waals surface area contributed by atoms with Gasteiger partial charge in [0.05, 0.1) is 13.2 Å². The Balaban J connectivity index is 2.47. The van der Waals surface area contributed by atoms with Gasteiger partial charge in [-0.1, -0.05) is 37.2 Å². The van der Waals surface area contributed by atoms with Crippen LogP contribution in [0.1, 0.15) is 31.9 Å². The van der Waals surface area contributed by atoms with E-state index < -0.39 is 5.97 Å². The predicted octanol–water partition coefficient (Wildman–Crippen LogP) is 3.57. The van der Waals surface area contributed by atoms with Crippen molar-refractivity contribution < 1.29 is 14.3 Å². The zero-order valence-corrected chi connectivity index (χ0v) is 12.3. The van der Waals surface area contributed by atoms with Gasteiger partial charge in [0.25, 0.3) is 0 Å². The number of rotatable bonds is 4. The standard InChI is InChI=1S/C15H17N3O3/c1-4-20-14(19)12(17-18-16)8-10-6-5-7-11-13(10)21-9-15(11,2)3/h5-8H,4,9H2,1-3H3/b12-8-. The van der Waals surface area contributed by atoms with Crippen LogP contribution in [0, 0.1) is 0 Å². The molecular formula is C15H17N3O3. The molecule has 0 saturated carbocycles. The van der Waals surface area contributed by atoms with E-state index in [1.165, 1.54) is 6.08 Å². The summed E-state index contributed by atoms with van der Waals surface area (Å²) >= 11 is 0. The number of nitrogens with zero attached hydrogens (tertiary/aromatic N) is 3. The molecule has 1 heterocycles. The van der Waals surface area contributed by atoms with Gasteiger partial charge in [0.1, 0.15) is 11.4 Å². The molecule has 1 aliphatic rings. The van der Waals surface area contributed by atoms with Gasteiger partial charge in [-0.25, -0.2) is 4.79 Å². The van der Waals surface area contributed by atoms with Crippen LogP contribution in [0.15, 0.2) is 29.0 Å². The van der Waals surface area contributed by atoms with Gasteiger partial charge in [0.2, 0.25) is 0 Å². The first kappa shape index (κ1) is 14.9. The van der Waals surface area contributed by atoms with Gasteiger partial charge in [-0.3, -0.25) is 0 Å². The van der Waals surface area contributed by atoms with E-state index in [0.717, 1.165) is 11.3 Å². The number of carbonyl (C=O) groups is 1. The fourth-order valence-electron chi connectivity index (χ4n) is 2.22. The number of hydrogen-bond acceptors (Lipinski definition) is 4. The Morgan fingerprint density at radius 1 is 1.57 bits per heavy atom. The van der Waals surface area contributed by atoms with Crippen LogP contribution in [0.3, 0.4) is 0 Å². The van der Waals surface area contributed by atoms with Gasteiger partial charge in [-0.05, 0) is 18.5 Å².